The molecule has 3 heteroatoms. The van der Waals surface area contributed by atoms with Crippen molar-refractivity contribution >= 4 is 0 Å². The van der Waals surface area contributed by atoms with E-state index in [1.54, 1.807) is 0 Å². The monoisotopic (exact) mass is 238 g/mol. The van der Waals surface area contributed by atoms with Crippen molar-refractivity contribution in [3.63, 3.8) is 0 Å². The van der Waals surface area contributed by atoms with Crippen LogP contribution in [-0.4, -0.2) is 24.8 Å². The zero-order chi connectivity index (χ0) is 10.1. The predicted octanol–water partition coefficient (Wildman–Crippen LogP) is 2.17. The van der Waals surface area contributed by atoms with E-state index < -0.39 is 0 Å². The first-order valence-corrected chi connectivity index (χ1v) is 5.49. The molecule has 1 saturated carbocycles. The minimum atomic E-state index is 0. The molecule has 2 N–H and O–H groups in total. The second kappa shape index (κ2) is 11.6. The van der Waals surface area contributed by atoms with Crippen LogP contribution in [0.5, 0.6) is 0 Å². The van der Waals surface area contributed by atoms with Crippen LogP contribution in [-0.2, 0) is 18.6 Å². The van der Waals surface area contributed by atoms with Crippen LogP contribution in [0.2, 0.25) is 0 Å². The third-order valence-corrected chi connectivity index (χ3v) is 2.19. The van der Waals surface area contributed by atoms with Crippen molar-refractivity contribution < 1.29 is 23.7 Å². The van der Waals surface area contributed by atoms with Gasteiger partial charge in [-0.25, -0.2) is 0 Å². The smallest absolute Gasteiger partial charge is 0.0540 e. The van der Waals surface area contributed by atoms with E-state index in [4.69, 9.17) is 5.11 Å². The SMILES string of the molecule is CNCC(C)C.OC1CCCCC1.[V]. The topological polar surface area (TPSA) is 32.3 Å². The van der Waals surface area contributed by atoms with Gasteiger partial charge < -0.3 is 10.4 Å². The molecule has 1 aliphatic rings. The van der Waals surface area contributed by atoms with Gasteiger partial charge in [0.1, 0.15) is 0 Å². The van der Waals surface area contributed by atoms with Gasteiger partial charge in [0, 0.05) is 18.6 Å². The third-order valence-electron chi connectivity index (χ3n) is 2.19. The zero-order valence-electron chi connectivity index (χ0n) is 9.79. The molecule has 0 spiro atoms. The van der Waals surface area contributed by atoms with E-state index in [0.717, 1.165) is 25.3 Å². The zero-order valence-corrected chi connectivity index (χ0v) is 11.2. The van der Waals surface area contributed by atoms with Gasteiger partial charge >= 0.3 is 0 Å². The normalized spacial score (nSPS) is 16.9. The molecule has 0 aromatic heterocycles. The number of aliphatic hydroxyl groups is 1. The number of nitrogens with one attached hydrogen (secondary N) is 1. The first-order valence-electron chi connectivity index (χ1n) is 5.49. The van der Waals surface area contributed by atoms with E-state index in [0.29, 0.717) is 0 Å². The van der Waals surface area contributed by atoms with E-state index in [1.165, 1.54) is 19.3 Å². The Bertz CT molecular complexity index is 103. The molecule has 0 bridgehead atoms. The van der Waals surface area contributed by atoms with Crippen molar-refractivity contribution in [1.29, 1.82) is 0 Å². The molecular weight excluding hydrogens is 213 g/mol. The van der Waals surface area contributed by atoms with Crippen molar-refractivity contribution in [2.75, 3.05) is 13.6 Å². The molecular formula is C11H25NOV. The maximum absolute atomic E-state index is 8.91. The number of hydrogen-bond acceptors (Lipinski definition) is 2. The molecule has 1 rings (SSSR count). The first kappa shape index (κ1) is 16.9. The van der Waals surface area contributed by atoms with Gasteiger partial charge in [-0.1, -0.05) is 33.1 Å². The summed E-state index contributed by atoms with van der Waals surface area (Å²) in [4.78, 5) is 0. The van der Waals surface area contributed by atoms with Gasteiger partial charge in [0.15, 0.2) is 0 Å². The summed E-state index contributed by atoms with van der Waals surface area (Å²) in [5.41, 5.74) is 0. The fraction of sp³-hybridized carbons (Fsp3) is 1.00. The summed E-state index contributed by atoms with van der Waals surface area (Å²) in [5.74, 6) is 0.787. The second-order valence-corrected chi connectivity index (χ2v) is 4.24. The van der Waals surface area contributed by atoms with Crippen molar-refractivity contribution in [3.8, 4) is 0 Å². The Morgan fingerprint density at radius 1 is 1.21 bits per heavy atom. The van der Waals surface area contributed by atoms with Crippen molar-refractivity contribution in [2.45, 2.75) is 52.1 Å². The van der Waals surface area contributed by atoms with Crippen molar-refractivity contribution in [1.82, 2.24) is 5.32 Å². The Morgan fingerprint density at radius 2 is 1.71 bits per heavy atom. The number of rotatable bonds is 2. The van der Waals surface area contributed by atoms with Crippen LogP contribution >= 0.6 is 0 Å². The molecule has 1 fully saturated rings. The number of hydrogen-bond donors (Lipinski definition) is 2. The quantitative estimate of drug-likeness (QED) is 0.772. The van der Waals surface area contributed by atoms with Gasteiger partial charge in [0.2, 0.25) is 0 Å². The largest absolute Gasteiger partial charge is 0.393 e. The predicted molar refractivity (Wildman–Crippen MR) is 57.9 cm³/mol. The summed E-state index contributed by atoms with van der Waals surface area (Å²) in [6.07, 6.45) is 5.92. The first-order chi connectivity index (χ1) is 6.16. The Kier molecular flexibility index (Phi) is 14.0. The fourth-order valence-corrected chi connectivity index (χ4v) is 1.49. The molecule has 85 valence electrons. The Balaban J connectivity index is 0. The summed E-state index contributed by atoms with van der Waals surface area (Å²) in [5, 5.41) is 12.0. The standard InChI is InChI=1S/C6H12O.C5H13N.V/c7-6-4-2-1-3-5-6;1-5(2)4-6-3;/h6-7H,1-5H2;5-6H,4H2,1-3H3;. The Morgan fingerprint density at radius 3 is 1.86 bits per heavy atom. The van der Waals surface area contributed by atoms with Crippen LogP contribution in [0.3, 0.4) is 0 Å². The average Bonchev–Trinajstić information content (AvgIpc) is 2.06. The van der Waals surface area contributed by atoms with Gasteiger partial charge in [-0.05, 0) is 32.4 Å². The number of aliphatic hydroxyl groups excluding tert-OH is 1. The molecule has 0 saturated heterocycles. The molecule has 1 radical (unpaired) electrons. The summed E-state index contributed by atoms with van der Waals surface area (Å²) < 4.78 is 0. The van der Waals surface area contributed by atoms with E-state index >= 15 is 0 Å². The molecule has 2 nitrogen and oxygen atoms in total. The summed E-state index contributed by atoms with van der Waals surface area (Å²) >= 11 is 0. The molecule has 14 heavy (non-hydrogen) atoms. The molecule has 0 heterocycles. The second-order valence-electron chi connectivity index (χ2n) is 4.24. The van der Waals surface area contributed by atoms with Crippen LogP contribution in [0.25, 0.3) is 0 Å². The van der Waals surface area contributed by atoms with Gasteiger partial charge in [-0.2, -0.15) is 0 Å². The van der Waals surface area contributed by atoms with E-state index in [1.807, 2.05) is 7.05 Å². The molecule has 0 amide bonds. The van der Waals surface area contributed by atoms with Gasteiger partial charge in [0.05, 0.1) is 6.10 Å². The molecule has 1 aliphatic carbocycles. The Hall–Kier alpha value is 0.504. The molecule has 0 aromatic carbocycles. The Labute approximate surface area is 101 Å². The summed E-state index contributed by atoms with van der Waals surface area (Å²) in [7, 11) is 1.97. The van der Waals surface area contributed by atoms with Crippen molar-refractivity contribution in [3.05, 3.63) is 0 Å². The van der Waals surface area contributed by atoms with Crippen LogP contribution in [0.4, 0.5) is 0 Å². The van der Waals surface area contributed by atoms with E-state index in [9.17, 15) is 0 Å². The minimum absolute atomic E-state index is 0. The van der Waals surface area contributed by atoms with E-state index in [2.05, 4.69) is 19.2 Å². The molecule has 0 atom stereocenters. The van der Waals surface area contributed by atoms with Gasteiger partial charge in [0.25, 0.3) is 0 Å². The van der Waals surface area contributed by atoms with Crippen LogP contribution < -0.4 is 5.32 Å². The summed E-state index contributed by atoms with van der Waals surface area (Å²) in [6, 6.07) is 0. The van der Waals surface area contributed by atoms with E-state index in [-0.39, 0.29) is 24.7 Å². The minimum Gasteiger partial charge on any atom is -0.393 e. The van der Waals surface area contributed by atoms with Gasteiger partial charge in [-0.3, -0.25) is 0 Å². The molecule has 0 unspecified atom stereocenters. The van der Waals surface area contributed by atoms with Crippen LogP contribution in [0.15, 0.2) is 0 Å². The van der Waals surface area contributed by atoms with Crippen LogP contribution in [0, 0.1) is 5.92 Å². The maximum Gasteiger partial charge on any atom is 0.0540 e. The molecule has 0 aromatic rings. The fourth-order valence-electron chi connectivity index (χ4n) is 1.49. The molecule has 0 aliphatic heterocycles. The van der Waals surface area contributed by atoms with Crippen LogP contribution in [0.1, 0.15) is 46.0 Å². The van der Waals surface area contributed by atoms with Crippen molar-refractivity contribution in [2.24, 2.45) is 5.92 Å². The average molecular weight is 238 g/mol. The summed E-state index contributed by atoms with van der Waals surface area (Å²) in [6.45, 7) is 5.51. The van der Waals surface area contributed by atoms with Gasteiger partial charge in [-0.15, -0.1) is 0 Å². The third kappa shape index (κ3) is 12.5. The maximum atomic E-state index is 8.91.